The fourth-order valence-corrected chi connectivity index (χ4v) is 4.86. The van der Waals surface area contributed by atoms with Crippen LogP contribution in [0.4, 0.5) is 10.1 Å². The van der Waals surface area contributed by atoms with Gasteiger partial charge in [-0.2, -0.15) is 4.98 Å². The van der Waals surface area contributed by atoms with Gasteiger partial charge in [-0.1, -0.05) is 28.9 Å². The summed E-state index contributed by atoms with van der Waals surface area (Å²) < 4.78 is 19.5. The fourth-order valence-electron chi connectivity index (χ4n) is 4.73. The number of carbonyl (C=O) groups is 1. The Balaban J connectivity index is 1.17. The van der Waals surface area contributed by atoms with Crippen molar-refractivity contribution in [2.24, 2.45) is 5.92 Å². The molecule has 0 bridgehead atoms. The smallest absolute Gasteiger partial charge is 0.255 e. The van der Waals surface area contributed by atoms with Crippen LogP contribution in [0.15, 0.2) is 71.3 Å². The summed E-state index contributed by atoms with van der Waals surface area (Å²) in [6.07, 6.45) is 2.89. The lowest BCUT2D eigenvalue weighted by atomic mass is 9.94. The zero-order valence-electron chi connectivity index (χ0n) is 20.6. The first-order chi connectivity index (χ1) is 17.9. The van der Waals surface area contributed by atoms with Crippen molar-refractivity contribution in [3.63, 3.8) is 0 Å². The van der Waals surface area contributed by atoms with Gasteiger partial charge in [0.25, 0.3) is 5.91 Å². The van der Waals surface area contributed by atoms with E-state index in [1.807, 2.05) is 37.3 Å². The zero-order valence-corrected chi connectivity index (χ0v) is 21.3. The molecule has 3 aromatic carbocycles. The summed E-state index contributed by atoms with van der Waals surface area (Å²) in [6, 6.07) is 19.4. The van der Waals surface area contributed by atoms with Crippen molar-refractivity contribution in [3.05, 3.63) is 100 Å². The predicted molar refractivity (Wildman–Crippen MR) is 142 cm³/mol. The van der Waals surface area contributed by atoms with Crippen LogP contribution in [0.3, 0.4) is 0 Å². The molecule has 5 rings (SSSR count). The quantitative estimate of drug-likeness (QED) is 0.300. The average Bonchev–Trinajstić information content (AvgIpc) is 3.36. The minimum absolute atomic E-state index is 0.151. The van der Waals surface area contributed by atoms with Crippen LogP contribution in [-0.2, 0) is 13.0 Å². The van der Waals surface area contributed by atoms with Gasteiger partial charge >= 0.3 is 0 Å². The number of aromatic nitrogens is 2. The van der Waals surface area contributed by atoms with Crippen LogP contribution < -0.4 is 5.32 Å². The summed E-state index contributed by atoms with van der Waals surface area (Å²) in [6.45, 7) is 4.50. The van der Waals surface area contributed by atoms with Crippen LogP contribution in [0.25, 0.3) is 11.4 Å². The van der Waals surface area contributed by atoms with Crippen molar-refractivity contribution in [3.8, 4) is 11.4 Å². The van der Waals surface area contributed by atoms with E-state index < -0.39 is 0 Å². The molecule has 4 aromatic rings. The zero-order chi connectivity index (χ0) is 25.8. The highest BCUT2D eigenvalue weighted by molar-refractivity contribution is 6.30. The Morgan fingerprint density at radius 3 is 2.70 bits per heavy atom. The van der Waals surface area contributed by atoms with Crippen LogP contribution in [0.1, 0.15) is 40.2 Å². The van der Waals surface area contributed by atoms with Crippen LogP contribution in [0.2, 0.25) is 5.02 Å². The number of halogens is 2. The van der Waals surface area contributed by atoms with E-state index in [1.54, 1.807) is 30.3 Å². The van der Waals surface area contributed by atoms with Gasteiger partial charge in [0.05, 0.1) is 0 Å². The number of carbonyl (C=O) groups excluding carboxylic acids is 1. The van der Waals surface area contributed by atoms with Crippen LogP contribution in [0, 0.1) is 18.7 Å². The van der Waals surface area contributed by atoms with E-state index in [9.17, 15) is 9.18 Å². The molecule has 0 saturated carbocycles. The highest BCUT2D eigenvalue weighted by Crippen LogP contribution is 2.25. The first-order valence-corrected chi connectivity index (χ1v) is 12.8. The SMILES string of the molecule is Cc1c(F)cccc1CN1CCCC(Cc2nc(-c3ccc(NC(=O)c4ccc(Cl)cc4)cc3)no2)C1. The summed E-state index contributed by atoms with van der Waals surface area (Å²) in [5, 5.41) is 7.62. The lowest BCUT2D eigenvalue weighted by Crippen LogP contribution is -2.36. The molecule has 1 aliphatic heterocycles. The molecule has 190 valence electrons. The molecule has 0 spiro atoms. The number of hydrogen-bond donors (Lipinski definition) is 1. The third kappa shape index (κ3) is 6.24. The maximum absolute atomic E-state index is 13.9. The van der Waals surface area contributed by atoms with Gasteiger partial charge in [-0.25, -0.2) is 4.39 Å². The number of nitrogens with zero attached hydrogens (tertiary/aromatic N) is 3. The molecule has 1 atom stereocenters. The van der Waals surface area contributed by atoms with E-state index in [0.717, 1.165) is 49.2 Å². The van der Waals surface area contributed by atoms with E-state index in [-0.39, 0.29) is 11.7 Å². The standard InChI is InChI=1S/C29H28ClFN4O2/c1-19-23(5-2-6-26(19)31)18-35-15-3-4-20(17-35)16-27-33-28(34-37-27)21-9-13-25(14-10-21)32-29(36)22-7-11-24(30)12-8-22/h2,5-14,20H,3-4,15-18H2,1H3,(H,32,36). The molecule has 8 heteroatoms. The number of rotatable bonds is 7. The monoisotopic (exact) mass is 518 g/mol. The molecule has 1 aromatic heterocycles. The molecular formula is C29H28ClFN4O2. The van der Waals surface area contributed by atoms with Crippen molar-refractivity contribution >= 4 is 23.2 Å². The van der Waals surface area contributed by atoms with Gasteiger partial charge in [0.2, 0.25) is 11.7 Å². The molecule has 1 saturated heterocycles. The number of amides is 1. The second kappa shape index (κ2) is 11.2. The Labute approximate surface area is 220 Å². The first-order valence-electron chi connectivity index (χ1n) is 12.4. The van der Waals surface area contributed by atoms with Crippen LogP contribution >= 0.6 is 11.6 Å². The van der Waals surface area contributed by atoms with Gasteiger partial charge in [0.1, 0.15) is 5.82 Å². The van der Waals surface area contributed by atoms with Crippen molar-refractivity contribution in [2.75, 3.05) is 18.4 Å². The normalized spacial score (nSPS) is 16.0. The van der Waals surface area contributed by atoms with E-state index in [2.05, 4.69) is 20.4 Å². The van der Waals surface area contributed by atoms with Crippen LogP contribution in [-0.4, -0.2) is 34.0 Å². The average molecular weight is 519 g/mol. The van der Waals surface area contributed by atoms with E-state index >= 15 is 0 Å². The first kappa shape index (κ1) is 25.1. The molecular weight excluding hydrogens is 491 g/mol. The molecule has 2 heterocycles. The molecule has 1 unspecified atom stereocenters. The van der Waals surface area contributed by atoms with E-state index in [1.165, 1.54) is 6.07 Å². The molecule has 37 heavy (non-hydrogen) atoms. The highest BCUT2D eigenvalue weighted by Gasteiger charge is 2.23. The van der Waals surface area contributed by atoms with Crippen molar-refractivity contribution in [1.82, 2.24) is 15.0 Å². The molecule has 1 aliphatic rings. The maximum atomic E-state index is 13.9. The van der Waals surface area contributed by atoms with Gasteiger partial charge in [-0.15, -0.1) is 0 Å². The molecule has 1 fully saturated rings. The third-order valence-electron chi connectivity index (χ3n) is 6.82. The molecule has 6 nitrogen and oxygen atoms in total. The second-order valence-corrected chi connectivity index (χ2v) is 9.96. The minimum Gasteiger partial charge on any atom is -0.339 e. The van der Waals surface area contributed by atoms with Gasteiger partial charge in [0, 0.05) is 41.3 Å². The second-order valence-electron chi connectivity index (χ2n) is 9.52. The number of piperidine rings is 1. The van der Waals surface area contributed by atoms with Gasteiger partial charge < -0.3 is 9.84 Å². The van der Waals surface area contributed by atoms with Gasteiger partial charge in [0.15, 0.2) is 0 Å². The van der Waals surface area contributed by atoms with Gasteiger partial charge in [-0.3, -0.25) is 9.69 Å². The van der Waals surface area contributed by atoms with E-state index in [0.29, 0.717) is 40.3 Å². The van der Waals surface area contributed by atoms with Crippen LogP contribution in [0.5, 0.6) is 0 Å². The maximum Gasteiger partial charge on any atom is 0.255 e. The highest BCUT2D eigenvalue weighted by atomic mass is 35.5. The van der Waals surface area contributed by atoms with Crippen molar-refractivity contribution in [2.45, 2.75) is 32.7 Å². The van der Waals surface area contributed by atoms with Crippen molar-refractivity contribution in [1.29, 1.82) is 0 Å². The topological polar surface area (TPSA) is 71.3 Å². The summed E-state index contributed by atoms with van der Waals surface area (Å²) in [7, 11) is 0. The number of hydrogen-bond acceptors (Lipinski definition) is 5. The van der Waals surface area contributed by atoms with Gasteiger partial charge in [-0.05, 0) is 98.0 Å². The molecule has 0 aliphatic carbocycles. The Bertz CT molecular complexity index is 1370. The number of likely N-dealkylation sites (tertiary alicyclic amines) is 1. The number of benzene rings is 3. The Morgan fingerprint density at radius 1 is 1.14 bits per heavy atom. The van der Waals surface area contributed by atoms with E-state index in [4.69, 9.17) is 16.1 Å². The summed E-state index contributed by atoms with van der Waals surface area (Å²) in [5.41, 5.74) is 3.77. The summed E-state index contributed by atoms with van der Waals surface area (Å²) in [5.74, 6) is 1.18. The fraction of sp³-hybridized carbons (Fsp3) is 0.276. The third-order valence-corrected chi connectivity index (χ3v) is 7.07. The Hall–Kier alpha value is -3.55. The number of anilines is 1. The van der Waals surface area contributed by atoms with Crippen molar-refractivity contribution < 1.29 is 13.7 Å². The largest absolute Gasteiger partial charge is 0.339 e. The predicted octanol–water partition coefficient (Wildman–Crippen LogP) is 6.54. The minimum atomic E-state index is -0.208. The summed E-state index contributed by atoms with van der Waals surface area (Å²) in [4.78, 5) is 19.4. The molecule has 1 amide bonds. The number of nitrogens with one attached hydrogen (secondary N) is 1. The molecule has 1 N–H and O–H groups in total. The molecule has 0 radical (unpaired) electrons. The lowest BCUT2D eigenvalue weighted by Gasteiger charge is -2.32. The Morgan fingerprint density at radius 2 is 1.92 bits per heavy atom. The summed E-state index contributed by atoms with van der Waals surface area (Å²) >= 11 is 5.89. The Kier molecular flexibility index (Phi) is 7.63. The lowest BCUT2D eigenvalue weighted by molar-refractivity contribution is 0.102.